The summed E-state index contributed by atoms with van der Waals surface area (Å²) in [7, 11) is -9.88. The molecule has 0 amide bonds. The summed E-state index contributed by atoms with van der Waals surface area (Å²) in [6, 6.07) is 0. The number of hydrogen-bond donors (Lipinski definition) is 3. The molecule has 0 aromatic rings. The van der Waals surface area contributed by atoms with Crippen LogP contribution in [0.3, 0.4) is 0 Å². The van der Waals surface area contributed by atoms with Gasteiger partial charge in [0, 0.05) is 25.7 Å². The van der Waals surface area contributed by atoms with Gasteiger partial charge in [-0.2, -0.15) is 0 Å². The van der Waals surface area contributed by atoms with Crippen LogP contribution in [0.15, 0.2) is 0 Å². The molecule has 0 saturated carbocycles. The Labute approximate surface area is 492 Å². The first-order chi connectivity index (χ1) is 38.9. The Hall–Kier alpha value is -1.94. The number of carbonyl (C=O) groups is 4. The van der Waals surface area contributed by atoms with Crippen molar-refractivity contribution < 1.29 is 80.2 Å². The van der Waals surface area contributed by atoms with Gasteiger partial charge in [-0.25, -0.2) is 9.13 Å². The highest BCUT2D eigenvalue weighted by Gasteiger charge is 2.30. The Bertz CT molecular complexity index is 1600. The number of aliphatic hydroxyl groups excluding tert-OH is 1. The highest BCUT2D eigenvalue weighted by Crippen LogP contribution is 2.45. The predicted octanol–water partition coefficient (Wildman–Crippen LogP) is 16.9. The fourth-order valence-corrected chi connectivity index (χ4v) is 10.7. The summed E-state index contributed by atoms with van der Waals surface area (Å²) in [6.07, 6.45) is 36.3. The number of rotatable bonds is 61. The van der Waals surface area contributed by atoms with Gasteiger partial charge in [-0.1, -0.05) is 253 Å². The Morgan fingerprint density at radius 3 is 0.938 bits per heavy atom. The molecule has 0 aliphatic carbocycles. The van der Waals surface area contributed by atoms with Gasteiger partial charge in [-0.05, 0) is 37.5 Å². The van der Waals surface area contributed by atoms with Crippen LogP contribution in [-0.4, -0.2) is 96.7 Å². The molecule has 0 fully saturated rings. The summed E-state index contributed by atoms with van der Waals surface area (Å²) in [5.41, 5.74) is 0. The second kappa shape index (κ2) is 54.7. The summed E-state index contributed by atoms with van der Waals surface area (Å²) in [5.74, 6) is -0.600. The molecule has 0 aliphatic heterocycles. The second-order valence-corrected chi connectivity index (χ2v) is 26.1. The van der Waals surface area contributed by atoms with E-state index >= 15 is 0 Å². The minimum absolute atomic E-state index is 0.104. The monoisotopic (exact) mass is 1200 g/mol. The Kier molecular flexibility index (Phi) is 53.4. The molecule has 81 heavy (non-hydrogen) atoms. The highest BCUT2D eigenvalue weighted by molar-refractivity contribution is 7.47. The standard InChI is InChI=1S/C62H120O17P2/c1-7-10-12-14-16-27-34-40-46-61(66)78-57(50-72-59(64)44-38-32-24-15-13-11-8-2)52-76-80(68,69)74-48-56(63)49-75-81(70,71)77-53-58(51-73-60(65)45-39-33-28-23-22-26-31-37-43-55(6)9-3)79-62(67)47-41-35-29-21-19-17-18-20-25-30-36-42-54(4)5/h54-58,63H,7-53H2,1-6H3,(H,68,69)(H,70,71)/t55?,56-,57+,58+/m0/s1. The number of phosphoric ester groups is 2. The number of ether oxygens (including phenoxy) is 4. The van der Waals surface area contributed by atoms with E-state index in [-0.39, 0.29) is 25.7 Å². The van der Waals surface area contributed by atoms with Gasteiger partial charge in [0.25, 0.3) is 0 Å². The SMILES string of the molecule is CCCCCCCCCCC(=O)O[C@H](COC(=O)CCCCCCCCC)COP(=O)(O)OC[C@H](O)COP(=O)(O)OC[C@@H](COC(=O)CCCCCCCCCCC(C)CC)OC(=O)CCCCCCCCCCCCCC(C)C. The van der Waals surface area contributed by atoms with Crippen LogP contribution < -0.4 is 0 Å². The Morgan fingerprint density at radius 2 is 0.630 bits per heavy atom. The third-order valence-electron chi connectivity index (χ3n) is 14.6. The maximum absolute atomic E-state index is 13.0. The van der Waals surface area contributed by atoms with Gasteiger partial charge < -0.3 is 33.8 Å². The maximum Gasteiger partial charge on any atom is 0.472 e. The molecule has 0 aromatic carbocycles. The van der Waals surface area contributed by atoms with E-state index in [0.717, 1.165) is 121 Å². The molecule has 0 radical (unpaired) electrons. The molecule has 0 aromatic heterocycles. The van der Waals surface area contributed by atoms with Crippen LogP contribution in [-0.2, 0) is 65.4 Å². The lowest BCUT2D eigenvalue weighted by Gasteiger charge is -2.21. The van der Waals surface area contributed by atoms with Crippen LogP contribution in [0.2, 0.25) is 0 Å². The minimum Gasteiger partial charge on any atom is -0.462 e. The third kappa shape index (κ3) is 55.7. The van der Waals surface area contributed by atoms with E-state index in [1.807, 2.05) is 0 Å². The molecular weight excluding hydrogens is 1080 g/mol. The van der Waals surface area contributed by atoms with Gasteiger partial charge >= 0.3 is 39.5 Å². The third-order valence-corrected chi connectivity index (χ3v) is 16.5. The molecule has 0 bridgehead atoms. The molecule has 3 unspecified atom stereocenters. The predicted molar refractivity (Wildman–Crippen MR) is 321 cm³/mol. The molecule has 17 nitrogen and oxygen atoms in total. The van der Waals surface area contributed by atoms with Crippen LogP contribution in [0.25, 0.3) is 0 Å². The van der Waals surface area contributed by atoms with Crippen LogP contribution in [0.4, 0.5) is 0 Å². The van der Waals surface area contributed by atoms with Crippen molar-refractivity contribution in [2.24, 2.45) is 11.8 Å². The first-order valence-electron chi connectivity index (χ1n) is 32.5. The number of hydrogen-bond acceptors (Lipinski definition) is 15. The molecular formula is C62H120O17P2. The van der Waals surface area contributed by atoms with E-state index in [0.29, 0.717) is 25.7 Å². The Morgan fingerprint density at radius 1 is 0.358 bits per heavy atom. The van der Waals surface area contributed by atoms with Crippen LogP contribution in [0, 0.1) is 11.8 Å². The van der Waals surface area contributed by atoms with Crippen molar-refractivity contribution in [1.29, 1.82) is 0 Å². The minimum atomic E-state index is -4.94. The summed E-state index contributed by atoms with van der Waals surface area (Å²) < 4.78 is 67.8. The number of phosphoric acid groups is 2. The zero-order chi connectivity index (χ0) is 60.1. The fourth-order valence-electron chi connectivity index (χ4n) is 9.15. The van der Waals surface area contributed by atoms with Crippen molar-refractivity contribution in [3.8, 4) is 0 Å². The largest absolute Gasteiger partial charge is 0.472 e. The van der Waals surface area contributed by atoms with Crippen molar-refractivity contribution in [2.75, 3.05) is 39.6 Å². The normalized spacial score (nSPS) is 14.7. The fraction of sp³-hybridized carbons (Fsp3) is 0.935. The van der Waals surface area contributed by atoms with Crippen LogP contribution >= 0.6 is 15.6 Å². The zero-order valence-corrected chi connectivity index (χ0v) is 53.9. The number of unbranched alkanes of at least 4 members (excludes halogenated alkanes) is 30. The lowest BCUT2D eigenvalue weighted by molar-refractivity contribution is -0.161. The van der Waals surface area contributed by atoms with Crippen molar-refractivity contribution >= 4 is 39.5 Å². The van der Waals surface area contributed by atoms with Gasteiger partial charge in [-0.15, -0.1) is 0 Å². The van der Waals surface area contributed by atoms with Gasteiger partial charge in [-0.3, -0.25) is 37.3 Å². The van der Waals surface area contributed by atoms with Crippen molar-refractivity contribution in [1.82, 2.24) is 0 Å². The number of carbonyl (C=O) groups excluding carboxylic acids is 4. The van der Waals surface area contributed by atoms with E-state index < -0.39 is 97.5 Å². The van der Waals surface area contributed by atoms with E-state index in [2.05, 4.69) is 41.5 Å². The summed E-state index contributed by atoms with van der Waals surface area (Å²) in [4.78, 5) is 71.9. The van der Waals surface area contributed by atoms with Crippen molar-refractivity contribution in [2.45, 2.75) is 323 Å². The molecule has 480 valence electrons. The van der Waals surface area contributed by atoms with Gasteiger partial charge in [0.1, 0.15) is 19.3 Å². The molecule has 0 rings (SSSR count). The van der Waals surface area contributed by atoms with Crippen molar-refractivity contribution in [3.05, 3.63) is 0 Å². The number of esters is 4. The van der Waals surface area contributed by atoms with E-state index in [1.165, 1.54) is 103 Å². The lowest BCUT2D eigenvalue weighted by atomic mass is 9.99. The van der Waals surface area contributed by atoms with Crippen molar-refractivity contribution in [3.63, 3.8) is 0 Å². The lowest BCUT2D eigenvalue weighted by Crippen LogP contribution is -2.30. The quantitative estimate of drug-likeness (QED) is 0.0222. The van der Waals surface area contributed by atoms with Gasteiger partial charge in [0.05, 0.1) is 26.4 Å². The van der Waals surface area contributed by atoms with Gasteiger partial charge in [0.2, 0.25) is 0 Å². The molecule has 0 heterocycles. The molecule has 0 spiro atoms. The van der Waals surface area contributed by atoms with Gasteiger partial charge in [0.15, 0.2) is 12.2 Å². The van der Waals surface area contributed by atoms with Crippen LogP contribution in [0.1, 0.15) is 305 Å². The van der Waals surface area contributed by atoms with E-state index in [4.69, 9.17) is 37.0 Å². The first kappa shape index (κ1) is 79.1. The average Bonchev–Trinajstić information content (AvgIpc) is 3.43. The first-order valence-corrected chi connectivity index (χ1v) is 35.5. The summed E-state index contributed by atoms with van der Waals surface area (Å²) >= 11 is 0. The highest BCUT2D eigenvalue weighted by atomic mass is 31.2. The molecule has 3 N–H and O–H groups in total. The molecule has 0 saturated heterocycles. The zero-order valence-electron chi connectivity index (χ0n) is 52.1. The summed E-state index contributed by atoms with van der Waals surface area (Å²) in [6.45, 7) is 9.41. The smallest absolute Gasteiger partial charge is 0.462 e. The topological polar surface area (TPSA) is 237 Å². The van der Waals surface area contributed by atoms with E-state index in [1.54, 1.807) is 0 Å². The second-order valence-electron chi connectivity index (χ2n) is 23.2. The molecule has 19 heteroatoms. The molecule has 0 aliphatic rings. The van der Waals surface area contributed by atoms with Crippen LogP contribution in [0.5, 0.6) is 0 Å². The van der Waals surface area contributed by atoms with E-state index in [9.17, 15) is 43.2 Å². The molecule has 6 atom stereocenters. The maximum atomic E-state index is 13.0. The summed E-state index contributed by atoms with van der Waals surface area (Å²) in [5, 5.41) is 10.5. The average molecular weight is 1200 g/mol. The Balaban J connectivity index is 5.21. The number of aliphatic hydroxyl groups is 1.